The maximum atomic E-state index is 11.9. The molecule has 1 aromatic rings. The number of carbonyl (C=O) groups is 1. The summed E-state index contributed by atoms with van der Waals surface area (Å²) in [5.41, 5.74) is 0.416. The summed E-state index contributed by atoms with van der Waals surface area (Å²) >= 11 is 0. The molecule has 1 unspecified atom stereocenters. The number of likely N-dealkylation sites (tertiary alicyclic amines) is 1. The first kappa shape index (κ1) is 13.9. The first-order valence-electron chi connectivity index (χ1n) is 6.68. The van der Waals surface area contributed by atoms with E-state index in [0.717, 1.165) is 13.1 Å². The zero-order valence-electron chi connectivity index (χ0n) is 11.0. The molecule has 0 bridgehead atoms. The molecule has 6 heteroatoms. The summed E-state index contributed by atoms with van der Waals surface area (Å²) in [6.45, 7) is 2.72. The lowest BCUT2D eigenvalue weighted by molar-refractivity contribution is 0.0885. The minimum absolute atomic E-state index is 0.0596. The molecular weight excluding hydrogens is 244 g/mol. The highest BCUT2D eigenvalue weighted by molar-refractivity contribution is 5.93. The molecule has 104 valence electrons. The summed E-state index contributed by atoms with van der Waals surface area (Å²) in [6.07, 6.45) is 7.98. The molecule has 0 aliphatic carbocycles. The lowest BCUT2D eigenvalue weighted by Gasteiger charge is -2.30. The van der Waals surface area contributed by atoms with Gasteiger partial charge in [0.2, 0.25) is 0 Å². The SMILES string of the molecule is O=C(NC(CO)CN1CCCCC1)c1cncnc1. The van der Waals surface area contributed by atoms with Gasteiger partial charge in [0.25, 0.3) is 5.91 Å². The third-order valence-corrected chi connectivity index (χ3v) is 3.31. The lowest BCUT2D eigenvalue weighted by Crippen LogP contribution is -2.47. The molecule has 1 fully saturated rings. The van der Waals surface area contributed by atoms with Crippen LogP contribution in [0.5, 0.6) is 0 Å². The van der Waals surface area contributed by atoms with Gasteiger partial charge in [-0.3, -0.25) is 4.79 Å². The maximum absolute atomic E-state index is 11.9. The van der Waals surface area contributed by atoms with Crippen LogP contribution in [0.3, 0.4) is 0 Å². The Labute approximate surface area is 112 Å². The van der Waals surface area contributed by atoms with E-state index in [-0.39, 0.29) is 18.6 Å². The first-order valence-corrected chi connectivity index (χ1v) is 6.68. The standard InChI is InChI=1S/C13H20N4O2/c18-9-12(8-17-4-2-1-3-5-17)16-13(19)11-6-14-10-15-7-11/h6-7,10,12,18H,1-5,8-9H2,(H,16,19). The van der Waals surface area contributed by atoms with Crippen LogP contribution in [0.25, 0.3) is 0 Å². The van der Waals surface area contributed by atoms with Crippen molar-refractivity contribution in [2.75, 3.05) is 26.2 Å². The Balaban J connectivity index is 1.86. The lowest BCUT2D eigenvalue weighted by atomic mass is 10.1. The number of hydrogen-bond acceptors (Lipinski definition) is 5. The van der Waals surface area contributed by atoms with Gasteiger partial charge in [-0.25, -0.2) is 9.97 Å². The van der Waals surface area contributed by atoms with Crippen LogP contribution in [-0.2, 0) is 0 Å². The average molecular weight is 264 g/mol. The van der Waals surface area contributed by atoms with E-state index >= 15 is 0 Å². The fraction of sp³-hybridized carbons (Fsp3) is 0.615. The summed E-state index contributed by atoms with van der Waals surface area (Å²) in [6, 6.07) is -0.245. The van der Waals surface area contributed by atoms with Crippen LogP contribution in [0.4, 0.5) is 0 Å². The number of hydrogen-bond donors (Lipinski definition) is 2. The average Bonchev–Trinajstić information content (AvgIpc) is 2.48. The van der Waals surface area contributed by atoms with Crippen molar-refractivity contribution in [3.63, 3.8) is 0 Å². The number of nitrogens with one attached hydrogen (secondary N) is 1. The van der Waals surface area contributed by atoms with Gasteiger partial charge in [-0.1, -0.05) is 6.42 Å². The Morgan fingerprint density at radius 3 is 2.63 bits per heavy atom. The van der Waals surface area contributed by atoms with Crippen molar-refractivity contribution in [1.29, 1.82) is 0 Å². The Hall–Kier alpha value is -1.53. The number of aliphatic hydroxyl groups is 1. The number of amides is 1. The summed E-state index contributed by atoms with van der Waals surface area (Å²) in [7, 11) is 0. The van der Waals surface area contributed by atoms with Crippen LogP contribution in [0.15, 0.2) is 18.7 Å². The van der Waals surface area contributed by atoms with Crippen molar-refractivity contribution in [3.05, 3.63) is 24.3 Å². The van der Waals surface area contributed by atoms with E-state index < -0.39 is 0 Å². The second kappa shape index (κ2) is 7.16. The Bertz CT molecular complexity index is 393. The van der Waals surface area contributed by atoms with Gasteiger partial charge in [-0.05, 0) is 25.9 Å². The van der Waals surface area contributed by atoms with E-state index in [2.05, 4.69) is 20.2 Å². The summed E-state index contributed by atoms with van der Waals surface area (Å²) in [4.78, 5) is 21.8. The van der Waals surface area contributed by atoms with Crippen molar-refractivity contribution >= 4 is 5.91 Å². The van der Waals surface area contributed by atoms with E-state index in [1.807, 2.05) is 0 Å². The monoisotopic (exact) mass is 264 g/mol. The molecule has 0 saturated carbocycles. The van der Waals surface area contributed by atoms with Crippen LogP contribution in [-0.4, -0.2) is 58.2 Å². The number of piperidine rings is 1. The van der Waals surface area contributed by atoms with E-state index in [0.29, 0.717) is 12.1 Å². The van der Waals surface area contributed by atoms with Gasteiger partial charge in [0.1, 0.15) is 6.33 Å². The molecule has 1 aromatic heterocycles. The van der Waals surface area contributed by atoms with E-state index in [1.165, 1.54) is 38.0 Å². The van der Waals surface area contributed by atoms with Gasteiger partial charge in [-0.2, -0.15) is 0 Å². The molecule has 2 N–H and O–H groups in total. The summed E-state index contributed by atoms with van der Waals surface area (Å²) in [5.74, 6) is -0.239. The molecule has 2 rings (SSSR count). The van der Waals surface area contributed by atoms with Gasteiger partial charge in [0.15, 0.2) is 0 Å². The number of aliphatic hydroxyl groups excluding tert-OH is 1. The molecule has 1 atom stereocenters. The Morgan fingerprint density at radius 1 is 1.32 bits per heavy atom. The van der Waals surface area contributed by atoms with Gasteiger partial charge >= 0.3 is 0 Å². The zero-order chi connectivity index (χ0) is 13.5. The maximum Gasteiger partial charge on any atom is 0.254 e. The molecule has 2 heterocycles. The molecule has 1 saturated heterocycles. The van der Waals surface area contributed by atoms with Crippen LogP contribution in [0.1, 0.15) is 29.6 Å². The molecule has 1 aliphatic rings. The van der Waals surface area contributed by atoms with E-state index in [4.69, 9.17) is 0 Å². The minimum Gasteiger partial charge on any atom is -0.394 e. The third kappa shape index (κ3) is 4.25. The summed E-state index contributed by atoms with van der Waals surface area (Å²) < 4.78 is 0. The van der Waals surface area contributed by atoms with E-state index in [9.17, 15) is 9.90 Å². The number of carbonyl (C=O) groups excluding carboxylic acids is 1. The Morgan fingerprint density at radius 2 is 2.00 bits per heavy atom. The Kier molecular flexibility index (Phi) is 5.23. The molecular formula is C13H20N4O2. The van der Waals surface area contributed by atoms with Crippen molar-refractivity contribution in [2.24, 2.45) is 0 Å². The molecule has 6 nitrogen and oxygen atoms in total. The van der Waals surface area contributed by atoms with Gasteiger partial charge < -0.3 is 15.3 Å². The van der Waals surface area contributed by atoms with E-state index in [1.54, 1.807) is 0 Å². The largest absolute Gasteiger partial charge is 0.394 e. The number of nitrogens with zero attached hydrogens (tertiary/aromatic N) is 3. The fourth-order valence-electron chi connectivity index (χ4n) is 2.29. The predicted molar refractivity (Wildman–Crippen MR) is 70.7 cm³/mol. The van der Waals surface area contributed by atoms with Crippen molar-refractivity contribution < 1.29 is 9.90 Å². The minimum atomic E-state index is -0.245. The predicted octanol–water partition coefficient (Wildman–Crippen LogP) is 0.0532. The quantitative estimate of drug-likeness (QED) is 0.786. The van der Waals surface area contributed by atoms with Gasteiger partial charge in [0.05, 0.1) is 18.2 Å². The topological polar surface area (TPSA) is 78.4 Å². The molecule has 19 heavy (non-hydrogen) atoms. The van der Waals surface area contributed by atoms with Crippen LogP contribution >= 0.6 is 0 Å². The van der Waals surface area contributed by atoms with Crippen molar-refractivity contribution in [1.82, 2.24) is 20.2 Å². The smallest absolute Gasteiger partial charge is 0.254 e. The molecule has 1 amide bonds. The summed E-state index contributed by atoms with van der Waals surface area (Å²) in [5, 5.41) is 12.2. The third-order valence-electron chi connectivity index (χ3n) is 3.31. The molecule has 0 aromatic carbocycles. The molecule has 0 radical (unpaired) electrons. The number of aromatic nitrogens is 2. The van der Waals surface area contributed by atoms with Crippen LogP contribution < -0.4 is 5.32 Å². The van der Waals surface area contributed by atoms with Gasteiger partial charge in [0, 0.05) is 18.9 Å². The highest BCUT2D eigenvalue weighted by Gasteiger charge is 2.18. The first-order chi connectivity index (χ1) is 9.29. The van der Waals surface area contributed by atoms with Crippen molar-refractivity contribution in [2.45, 2.75) is 25.3 Å². The fourth-order valence-corrected chi connectivity index (χ4v) is 2.29. The second-order valence-corrected chi connectivity index (χ2v) is 4.84. The molecule has 0 spiro atoms. The van der Waals surface area contributed by atoms with Gasteiger partial charge in [-0.15, -0.1) is 0 Å². The zero-order valence-corrected chi connectivity index (χ0v) is 11.0. The highest BCUT2D eigenvalue weighted by Crippen LogP contribution is 2.09. The number of rotatable bonds is 5. The van der Waals surface area contributed by atoms with Crippen LogP contribution in [0.2, 0.25) is 0 Å². The highest BCUT2D eigenvalue weighted by atomic mass is 16.3. The molecule has 1 aliphatic heterocycles. The second-order valence-electron chi connectivity index (χ2n) is 4.84. The normalized spacial score (nSPS) is 17.9. The van der Waals surface area contributed by atoms with Crippen molar-refractivity contribution in [3.8, 4) is 0 Å². The van der Waals surface area contributed by atoms with Crippen LogP contribution in [0, 0.1) is 0 Å².